The SMILES string of the molecule is c1ccc(-c2ccc3c(c2)oc2cccc(N(c4ccc(-c5ccc6ccc7ccccc7c6c5)cc4)c4ccc(-c5ccccc5)c5sc6cc(-c7ccccc7)ccc6c45)c23)cc1. The molecular weight excluding hydrogens is 807 g/mol. The van der Waals surface area contributed by atoms with E-state index in [0.717, 1.165) is 50.1 Å². The maximum atomic E-state index is 6.77. The molecule has 13 rings (SSSR count). The maximum Gasteiger partial charge on any atom is 0.137 e. The highest BCUT2D eigenvalue weighted by Crippen LogP contribution is 2.51. The highest BCUT2D eigenvalue weighted by molar-refractivity contribution is 7.26. The lowest BCUT2D eigenvalue weighted by Gasteiger charge is -2.28. The van der Waals surface area contributed by atoms with E-state index in [1.807, 2.05) is 11.3 Å². The van der Waals surface area contributed by atoms with E-state index in [-0.39, 0.29) is 0 Å². The summed E-state index contributed by atoms with van der Waals surface area (Å²) in [6.07, 6.45) is 0. The Morgan fingerprint density at radius 2 is 0.892 bits per heavy atom. The minimum absolute atomic E-state index is 0.854. The summed E-state index contributed by atoms with van der Waals surface area (Å²) in [5, 5.41) is 9.66. The van der Waals surface area contributed by atoms with E-state index in [2.05, 4.69) is 241 Å². The second kappa shape index (κ2) is 15.2. The number of fused-ring (bicyclic) bond motifs is 9. The fraction of sp³-hybridized carbons (Fsp3) is 0. The molecule has 2 heterocycles. The van der Waals surface area contributed by atoms with Crippen molar-refractivity contribution in [1.29, 1.82) is 0 Å². The zero-order valence-electron chi connectivity index (χ0n) is 35.3. The first-order valence-electron chi connectivity index (χ1n) is 22.1. The summed E-state index contributed by atoms with van der Waals surface area (Å²) in [6.45, 7) is 0. The molecule has 0 fully saturated rings. The molecule has 0 aliphatic rings. The third-order valence-corrected chi connectivity index (χ3v) is 14.2. The largest absolute Gasteiger partial charge is 0.456 e. The van der Waals surface area contributed by atoms with Gasteiger partial charge in [0.15, 0.2) is 0 Å². The van der Waals surface area contributed by atoms with Gasteiger partial charge in [0.1, 0.15) is 11.2 Å². The molecule has 3 heteroatoms. The lowest BCUT2D eigenvalue weighted by molar-refractivity contribution is 0.669. The number of thiophene rings is 1. The zero-order valence-corrected chi connectivity index (χ0v) is 36.1. The predicted octanol–water partition coefficient (Wildman–Crippen LogP) is 18.4. The summed E-state index contributed by atoms with van der Waals surface area (Å²) >= 11 is 1.88. The summed E-state index contributed by atoms with van der Waals surface area (Å²) in [5.74, 6) is 0. The summed E-state index contributed by atoms with van der Waals surface area (Å²) in [6, 6.07) is 85.9. The molecule has 0 unspecified atom stereocenters. The van der Waals surface area contributed by atoms with Crippen LogP contribution in [0.1, 0.15) is 0 Å². The number of rotatable bonds is 7. The van der Waals surface area contributed by atoms with Crippen LogP contribution in [0.4, 0.5) is 17.1 Å². The van der Waals surface area contributed by atoms with Gasteiger partial charge in [0, 0.05) is 31.2 Å². The Kier molecular flexibility index (Phi) is 8.75. The second-order valence-electron chi connectivity index (χ2n) is 16.8. The first-order valence-corrected chi connectivity index (χ1v) is 23.0. The molecule has 0 saturated carbocycles. The van der Waals surface area contributed by atoms with Gasteiger partial charge in [-0.25, -0.2) is 0 Å². The van der Waals surface area contributed by atoms with Crippen molar-refractivity contribution in [3.63, 3.8) is 0 Å². The van der Waals surface area contributed by atoms with Crippen LogP contribution in [-0.4, -0.2) is 0 Å². The third kappa shape index (κ3) is 6.31. The van der Waals surface area contributed by atoms with Gasteiger partial charge in [-0.05, 0) is 121 Å². The number of anilines is 3. The van der Waals surface area contributed by atoms with Gasteiger partial charge in [0.05, 0.1) is 16.8 Å². The highest BCUT2D eigenvalue weighted by Gasteiger charge is 2.25. The molecule has 0 amide bonds. The molecule has 0 aliphatic heterocycles. The Morgan fingerprint density at radius 1 is 0.323 bits per heavy atom. The Labute approximate surface area is 380 Å². The number of nitrogens with zero attached hydrogens (tertiary/aromatic N) is 1. The molecule has 2 aromatic heterocycles. The Balaban J connectivity index is 1.05. The molecule has 11 aromatic carbocycles. The van der Waals surface area contributed by atoms with E-state index in [0.29, 0.717) is 0 Å². The summed E-state index contributed by atoms with van der Waals surface area (Å²) in [4.78, 5) is 2.47. The third-order valence-electron chi connectivity index (χ3n) is 13.1. The first kappa shape index (κ1) is 37.3. The average Bonchev–Trinajstić information content (AvgIpc) is 3.96. The van der Waals surface area contributed by atoms with E-state index in [4.69, 9.17) is 4.42 Å². The second-order valence-corrected chi connectivity index (χ2v) is 17.9. The molecule has 0 bridgehead atoms. The minimum Gasteiger partial charge on any atom is -0.456 e. The van der Waals surface area contributed by atoms with E-state index in [1.165, 1.54) is 75.1 Å². The molecule has 13 aromatic rings. The number of hydrogen-bond acceptors (Lipinski definition) is 3. The van der Waals surface area contributed by atoms with Gasteiger partial charge in [-0.2, -0.15) is 0 Å². The zero-order chi connectivity index (χ0) is 42.8. The monoisotopic (exact) mass is 845 g/mol. The van der Waals surface area contributed by atoms with Crippen LogP contribution < -0.4 is 4.90 Å². The lowest BCUT2D eigenvalue weighted by Crippen LogP contribution is -2.11. The molecule has 0 atom stereocenters. The van der Waals surface area contributed by atoms with Crippen molar-refractivity contribution >= 4 is 92.1 Å². The lowest BCUT2D eigenvalue weighted by atomic mass is 9.96. The van der Waals surface area contributed by atoms with Crippen LogP contribution in [0.25, 0.3) is 108 Å². The fourth-order valence-corrected chi connectivity index (χ4v) is 11.2. The van der Waals surface area contributed by atoms with Crippen molar-refractivity contribution in [3.8, 4) is 44.5 Å². The molecule has 2 nitrogen and oxygen atoms in total. The normalized spacial score (nSPS) is 11.7. The van der Waals surface area contributed by atoms with E-state index < -0.39 is 0 Å². The standard InChI is InChI=1S/C62H39NOS/c1-4-13-40(14-5-1)47-29-33-52-58(38-47)64-57-22-12-21-55(60(52)57)63(49-31-27-42(28-32-49)46-26-25-45-24-23-44-19-10-11-20-50(44)54(45)37-46)56-36-35-51(43-17-8-3-9-18-43)62-61(56)53-34-30-48(39-59(53)65-62)41-15-6-2-7-16-41/h1-39H. The quantitative estimate of drug-likeness (QED) is 0.149. The van der Waals surface area contributed by atoms with Crippen molar-refractivity contribution in [3.05, 3.63) is 237 Å². The fourth-order valence-electron chi connectivity index (χ4n) is 9.90. The minimum atomic E-state index is 0.854. The van der Waals surface area contributed by atoms with E-state index >= 15 is 0 Å². The number of furan rings is 1. The van der Waals surface area contributed by atoms with Gasteiger partial charge in [0.2, 0.25) is 0 Å². The van der Waals surface area contributed by atoms with Gasteiger partial charge in [-0.15, -0.1) is 11.3 Å². The topological polar surface area (TPSA) is 16.4 Å². The molecule has 65 heavy (non-hydrogen) atoms. The van der Waals surface area contributed by atoms with Gasteiger partial charge in [0.25, 0.3) is 0 Å². The predicted molar refractivity (Wildman–Crippen MR) is 278 cm³/mol. The van der Waals surface area contributed by atoms with Crippen molar-refractivity contribution in [1.82, 2.24) is 0 Å². The van der Waals surface area contributed by atoms with Crippen LogP contribution in [0, 0.1) is 0 Å². The number of benzene rings is 11. The smallest absolute Gasteiger partial charge is 0.137 e. The van der Waals surface area contributed by atoms with Crippen LogP contribution in [0.2, 0.25) is 0 Å². The van der Waals surface area contributed by atoms with Crippen molar-refractivity contribution in [2.24, 2.45) is 0 Å². The van der Waals surface area contributed by atoms with Gasteiger partial charge in [-0.3, -0.25) is 0 Å². The van der Waals surface area contributed by atoms with Gasteiger partial charge in [-0.1, -0.05) is 182 Å². The van der Waals surface area contributed by atoms with Gasteiger partial charge < -0.3 is 9.32 Å². The van der Waals surface area contributed by atoms with Crippen LogP contribution >= 0.6 is 11.3 Å². The van der Waals surface area contributed by atoms with Crippen molar-refractivity contribution in [2.45, 2.75) is 0 Å². The summed E-state index contributed by atoms with van der Waals surface area (Å²) < 4.78 is 9.29. The van der Waals surface area contributed by atoms with Crippen LogP contribution in [0.5, 0.6) is 0 Å². The van der Waals surface area contributed by atoms with Gasteiger partial charge >= 0.3 is 0 Å². The molecule has 0 aliphatic carbocycles. The molecule has 0 saturated heterocycles. The first-order chi connectivity index (χ1) is 32.2. The Morgan fingerprint density at radius 3 is 1.65 bits per heavy atom. The number of hydrogen-bond donors (Lipinski definition) is 0. The molecular formula is C62H39NOS. The molecule has 0 radical (unpaired) electrons. The molecule has 304 valence electrons. The molecule has 0 N–H and O–H groups in total. The summed E-state index contributed by atoms with van der Waals surface area (Å²) in [5.41, 5.74) is 14.5. The van der Waals surface area contributed by atoms with E-state index in [1.54, 1.807) is 0 Å². The molecule has 0 spiro atoms. The maximum absolute atomic E-state index is 6.77. The van der Waals surface area contributed by atoms with Crippen LogP contribution in [0.15, 0.2) is 241 Å². The van der Waals surface area contributed by atoms with Crippen molar-refractivity contribution in [2.75, 3.05) is 4.90 Å². The van der Waals surface area contributed by atoms with Crippen LogP contribution in [-0.2, 0) is 0 Å². The van der Waals surface area contributed by atoms with E-state index in [9.17, 15) is 0 Å². The highest BCUT2D eigenvalue weighted by atomic mass is 32.1. The Bertz CT molecular complexity index is 3920. The van der Waals surface area contributed by atoms with Crippen LogP contribution in [0.3, 0.4) is 0 Å². The van der Waals surface area contributed by atoms with Crippen molar-refractivity contribution < 1.29 is 4.42 Å². The Hall–Kier alpha value is -8.24. The summed E-state index contributed by atoms with van der Waals surface area (Å²) in [7, 11) is 0. The average molecular weight is 846 g/mol.